The van der Waals surface area contributed by atoms with Gasteiger partial charge in [-0.05, 0) is 71.4 Å². The number of rotatable bonds is 3. The van der Waals surface area contributed by atoms with Crippen molar-refractivity contribution in [3.8, 4) is 0 Å². The quantitative estimate of drug-likeness (QED) is 0.734. The molecule has 0 radical (unpaired) electrons. The Morgan fingerprint density at radius 1 is 1.29 bits per heavy atom. The second kappa shape index (κ2) is 7.11. The van der Waals surface area contributed by atoms with Crippen LogP contribution in [0.15, 0.2) is 6.07 Å². The maximum atomic E-state index is 15.1. The Kier molecular flexibility index (Phi) is 5.12. The van der Waals surface area contributed by atoms with Gasteiger partial charge in [0.15, 0.2) is 0 Å². The number of aromatic amines is 1. The van der Waals surface area contributed by atoms with E-state index in [0.29, 0.717) is 30.3 Å². The second-order valence-corrected chi connectivity index (χ2v) is 8.72. The van der Waals surface area contributed by atoms with Crippen molar-refractivity contribution in [3.05, 3.63) is 34.3 Å². The minimum absolute atomic E-state index is 0.0919. The Hall–Kier alpha value is -2.57. The van der Waals surface area contributed by atoms with Crippen molar-refractivity contribution in [2.24, 2.45) is 5.73 Å². The summed E-state index contributed by atoms with van der Waals surface area (Å²) in [5, 5.41) is 3.50. The van der Waals surface area contributed by atoms with Crippen LogP contribution in [0.1, 0.15) is 73.1 Å². The van der Waals surface area contributed by atoms with Crippen LogP contribution in [0.3, 0.4) is 0 Å². The van der Waals surface area contributed by atoms with E-state index in [1.165, 1.54) is 6.07 Å². The number of nitrogens with two attached hydrogens (primary N) is 1. The summed E-state index contributed by atoms with van der Waals surface area (Å²) in [6.07, 6.45) is 1.20. The molecule has 1 fully saturated rings. The summed E-state index contributed by atoms with van der Waals surface area (Å²) in [6.45, 7) is 9.44. The lowest BCUT2D eigenvalue weighted by atomic mass is 9.90. The summed E-state index contributed by atoms with van der Waals surface area (Å²) in [7, 11) is 0. The molecule has 6 nitrogen and oxygen atoms in total. The van der Waals surface area contributed by atoms with Crippen LogP contribution in [-0.2, 0) is 4.74 Å². The number of H-pyrrole nitrogens is 1. The van der Waals surface area contributed by atoms with Gasteiger partial charge in [0.1, 0.15) is 11.9 Å². The van der Waals surface area contributed by atoms with Gasteiger partial charge in [-0.3, -0.25) is 4.79 Å². The van der Waals surface area contributed by atoms with Crippen LogP contribution < -0.4 is 11.1 Å². The third kappa shape index (κ3) is 3.84. The van der Waals surface area contributed by atoms with Gasteiger partial charge < -0.3 is 20.8 Å². The van der Waals surface area contributed by atoms with Crippen LogP contribution in [0.2, 0.25) is 0 Å². The van der Waals surface area contributed by atoms with Crippen molar-refractivity contribution < 1.29 is 18.7 Å². The molecule has 1 aromatic heterocycles. The molecule has 1 aliphatic carbocycles. The Morgan fingerprint density at radius 2 is 1.96 bits per heavy atom. The molecule has 0 bridgehead atoms. The monoisotopic (exact) mass is 389 g/mol. The number of aryl methyl sites for hydroxylation is 2. The van der Waals surface area contributed by atoms with Gasteiger partial charge in [-0.2, -0.15) is 0 Å². The Bertz CT molecular complexity index is 943. The van der Waals surface area contributed by atoms with Gasteiger partial charge >= 0.3 is 6.09 Å². The molecule has 0 unspecified atom stereocenters. The number of ether oxygens (including phenoxy) is 1. The summed E-state index contributed by atoms with van der Waals surface area (Å²) in [4.78, 5) is 27.0. The number of nitrogens with one attached hydrogen (secondary N) is 2. The highest BCUT2D eigenvalue weighted by atomic mass is 19.1. The fourth-order valence-corrected chi connectivity index (χ4v) is 4.04. The van der Waals surface area contributed by atoms with Crippen molar-refractivity contribution >= 4 is 22.9 Å². The van der Waals surface area contributed by atoms with E-state index in [9.17, 15) is 9.59 Å². The number of benzene rings is 1. The van der Waals surface area contributed by atoms with Crippen LogP contribution in [0.5, 0.6) is 0 Å². The molecule has 1 aromatic carbocycles. The smallest absolute Gasteiger partial charge is 0.407 e. The van der Waals surface area contributed by atoms with E-state index in [4.69, 9.17) is 10.5 Å². The van der Waals surface area contributed by atoms with Crippen molar-refractivity contribution in [1.82, 2.24) is 10.3 Å². The third-order valence-corrected chi connectivity index (χ3v) is 5.38. The molecule has 1 aliphatic rings. The average Bonchev–Trinajstić information content (AvgIpc) is 3.11. The largest absolute Gasteiger partial charge is 0.446 e. The Morgan fingerprint density at radius 3 is 2.57 bits per heavy atom. The van der Waals surface area contributed by atoms with Crippen molar-refractivity contribution in [1.29, 1.82) is 0 Å². The van der Waals surface area contributed by atoms with Crippen LogP contribution in [0, 0.1) is 19.7 Å². The molecule has 7 heteroatoms. The minimum atomic E-state index is -0.664. The summed E-state index contributed by atoms with van der Waals surface area (Å²) < 4.78 is 20.6. The molecule has 3 rings (SSSR count). The van der Waals surface area contributed by atoms with Crippen LogP contribution in [-0.4, -0.2) is 28.6 Å². The van der Waals surface area contributed by atoms with E-state index in [1.807, 2.05) is 34.6 Å². The first-order chi connectivity index (χ1) is 13.0. The lowest BCUT2D eigenvalue weighted by molar-refractivity contribution is 0.0935. The molecule has 4 N–H and O–H groups in total. The molecule has 0 saturated heterocycles. The van der Waals surface area contributed by atoms with Gasteiger partial charge in [0.2, 0.25) is 0 Å². The SMILES string of the molecule is Cc1[nH]c2c(C(N)=O)cc(F)c([C@H]3CC[C@H](OC(=O)NC(C)(C)C)C3)c2c1C. The molecule has 1 saturated carbocycles. The lowest BCUT2D eigenvalue weighted by Gasteiger charge is -2.22. The molecule has 0 aliphatic heterocycles. The highest BCUT2D eigenvalue weighted by Crippen LogP contribution is 2.42. The number of primary amides is 1. The number of alkyl carbamates (subject to hydrolysis) is 1. The molecule has 1 heterocycles. The molecular formula is C21H28FN3O3. The number of carbonyl (C=O) groups excluding carboxylic acids is 2. The predicted molar refractivity (Wildman–Crippen MR) is 106 cm³/mol. The van der Waals surface area contributed by atoms with Gasteiger partial charge in [-0.1, -0.05) is 0 Å². The van der Waals surface area contributed by atoms with Gasteiger partial charge in [0.05, 0.1) is 11.1 Å². The highest BCUT2D eigenvalue weighted by Gasteiger charge is 2.33. The first-order valence-electron chi connectivity index (χ1n) is 9.57. The number of amides is 2. The van der Waals surface area contributed by atoms with Crippen LogP contribution >= 0.6 is 0 Å². The standard InChI is InChI=1S/C21H28FN3O3/c1-10-11(2)24-18-14(19(23)26)9-15(22)17(16(10)18)12-6-7-13(8-12)28-20(27)25-21(3,4)5/h9,12-13,24H,6-8H2,1-5H3,(H2,23,26)(H,25,27)/t12-,13-/m0/s1. The van der Waals surface area contributed by atoms with Crippen molar-refractivity contribution in [2.75, 3.05) is 0 Å². The van der Waals surface area contributed by atoms with Gasteiger partial charge in [0, 0.05) is 22.2 Å². The van der Waals surface area contributed by atoms with E-state index < -0.39 is 17.8 Å². The maximum Gasteiger partial charge on any atom is 0.407 e. The average molecular weight is 389 g/mol. The zero-order chi connectivity index (χ0) is 20.8. The maximum absolute atomic E-state index is 15.1. The van der Waals surface area contributed by atoms with Crippen molar-refractivity contribution in [3.63, 3.8) is 0 Å². The summed E-state index contributed by atoms with van der Waals surface area (Å²) in [6, 6.07) is 1.22. The predicted octanol–water partition coefficient (Wildman–Crippen LogP) is 4.18. The number of hydrogen-bond acceptors (Lipinski definition) is 3. The Balaban J connectivity index is 1.91. The lowest BCUT2D eigenvalue weighted by Crippen LogP contribution is -2.42. The summed E-state index contributed by atoms with van der Waals surface area (Å²) in [5.41, 5.74) is 8.16. The minimum Gasteiger partial charge on any atom is -0.446 e. The second-order valence-electron chi connectivity index (χ2n) is 8.72. The van der Waals surface area contributed by atoms with E-state index in [0.717, 1.165) is 16.6 Å². The molecular weight excluding hydrogens is 361 g/mol. The van der Waals surface area contributed by atoms with Gasteiger partial charge in [0.25, 0.3) is 5.91 Å². The number of halogens is 1. The van der Waals surface area contributed by atoms with Crippen LogP contribution in [0.4, 0.5) is 9.18 Å². The molecule has 2 amide bonds. The topological polar surface area (TPSA) is 97.2 Å². The summed E-state index contributed by atoms with van der Waals surface area (Å²) >= 11 is 0. The van der Waals surface area contributed by atoms with E-state index in [-0.39, 0.29) is 23.1 Å². The zero-order valence-corrected chi connectivity index (χ0v) is 17.0. The Labute approximate surface area is 164 Å². The summed E-state index contributed by atoms with van der Waals surface area (Å²) in [5.74, 6) is -1.19. The molecule has 2 atom stereocenters. The van der Waals surface area contributed by atoms with E-state index in [1.54, 1.807) is 0 Å². The fourth-order valence-electron chi connectivity index (χ4n) is 4.04. The van der Waals surface area contributed by atoms with Gasteiger partial charge in [-0.15, -0.1) is 0 Å². The number of aromatic nitrogens is 1. The normalized spacial score (nSPS) is 19.8. The van der Waals surface area contributed by atoms with E-state index >= 15 is 4.39 Å². The third-order valence-electron chi connectivity index (χ3n) is 5.38. The first kappa shape index (κ1) is 20.2. The number of carbonyl (C=O) groups is 2. The molecule has 2 aromatic rings. The molecule has 28 heavy (non-hydrogen) atoms. The number of hydrogen-bond donors (Lipinski definition) is 3. The molecule has 152 valence electrons. The van der Waals surface area contributed by atoms with E-state index in [2.05, 4.69) is 10.3 Å². The highest BCUT2D eigenvalue weighted by molar-refractivity contribution is 6.07. The zero-order valence-electron chi connectivity index (χ0n) is 17.0. The fraction of sp³-hybridized carbons (Fsp3) is 0.524. The molecule has 0 spiro atoms. The first-order valence-corrected chi connectivity index (χ1v) is 9.57. The van der Waals surface area contributed by atoms with Gasteiger partial charge in [-0.25, -0.2) is 9.18 Å². The van der Waals surface area contributed by atoms with Crippen molar-refractivity contribution in [2.45, 2.75) is 71.4 Å². The van der Waals surface area contributed by atoms with Crippen LogP contribution in [0.25, 0.3) is 10.9 Å². The number of fused-ring (bicyclic) bond motifs is 1.